The average molecular weight is 516 g/mol. The highest BCUT2D eigenvalue weighted by molar-refractivity contribution is 7.99. The molecule has 190 valence electrons. The zero-order valence-electron chi connectivity index (χ0n) is 20.6. The molecule has 6 rings (SSSR count). The predicted molar refractivity (Wildman–Crippen MR) is 143 cm³/mol. The van der Waals surface area contributed by atoms with Crippen molar-refractivity contribution < 1.29 is 4.42 Å². The molecule has 2 saturated heterocycles. The number of rotatable bonds is 6. The molecule has 2 fully saturated rings. The molecule has 0 saturated carbocycles. The van der Waals surface area contributed by atoms with E-state index in [0.717, 1.165) is 49.2 Å². The van der Waals surface area contributed by atoms with Crippen LogP contribution in [0.2, 0.25) is 0 Å². The predicted octanol–water partition coefficient (Wildman–Crippen LogP) is 3.35. The lowest BCUT2D eigenvalue weighted by molar-refractivity contribution is 0.321. The van der Waals surface area contributed by atoms with Gasteiger partial charge in [0.05, 0.1) is 12.3 Å². The maximum atomic E-state index is 5.53. The van der Waals surface area contributed by atoms with Crippen molar-refractivity contribution in [1.82, 2.24) is 35.6 Å². The highest BCUT2D eigenvalue weighted by atomic mass is 32.2. The summed E-state index contributed by atoms with van der Waals surface area (Å²) in [6.45, 7) is 4.42. The van der Waals surface area contributed by atoms with Crippen LogP contribution in [-0.4, -0.2) is 70.4 Å². The van der Waals surface area contributed by atoms with E-state index >= 15 is 0 Å². The largest absolute Gasteiger partial charge is 0.468 e. The molecule has 0 aliphatic carbocycles. The van der Waals surface area contributed by atoms with Gasteiger partial charge in [-0.1, -0.05) is 18.2 Å². The Morgan fingerprint density at radius 3 is 2.59 bits per heavy atom. The molecule has 0 spiro atoms. The van der Waals surface area contributed by atoms with Gasteiger partial charge in [0.15, 0.2) is 5.16 Å². The maximum Gasteiger partial charge on any atom is 0.256 e. The summed E-state index contributed by atoms with van der Waals surface area (Å²) in [7, 11) is 2.09. The number of amidine groups is 1. The molecule has 0 bridgehead atoms. The Hall–Kier alpha value is -3.83. The van der Waals surface area contributed by atoms with Crippen molar-refractivity contribution in [3.8, 4) is 0 Å². The van der Waals surface area contributed by atoms with Crippen LogP contribution in [0, 0.1) is 0 Å². The van der Waals surface area contributed by atoms with Crippen LogP contribution in [0.5, 0.6) is 0 Å². The summed E-state index contributed by atoms with van der Waals surface area (Å²) in [6, 6.07) is 14.0. The van der Waals surface area contributed by atoms with Crippen LogP contribution >= 0.6 is 11.8 Å². The Labute approximate surface area is 220 Å². The number of benzene rings is 1. The Morgan fingerprint density at radius 2 is 1.84 bits per heavy atom. The first kappa shape index (κ1) is 23.6. The number of aliphatic imine (C=N–C) groups is 1. The van der Waals surface area contributed by atoms with Gasteiger partial charge in [-0.2, -0.15) is 19.9 Å². The minimum atomic E-state index is 0.0178. The van der Waals surface area contributed by atoms with Gasteiger partial charge in [0.1, 0.15) is 11.6 Å². The molecule has 0 radical (unpaired) electrons. The number of nitrogens with zero attached hydrogens (tertiary/aromatic N) is 7. The first-order chi connectivity index (χ1) is 18.2. The minimum absolute atomic E-state index is 0.0178. The molecular weight excluding hydrogens is 486 g/mol. The molecule has 11 heteroatoms. The quantitative estimate of drug-likeness (QED) is 0.509. The number of nitrogens with one attached hydrogen (secondary N) is 2. The molecule has 0 amide bonds. The van der Waals surface area contributed by atoms with E-state index in [2.05, 4.69) is 68.1 Å². The number of aromatic nitrogens is 3. The van der Waals surface area contributed by atoms with E-state index in [-0.39, 0.29) is 6.04 Å². The number of hydrogen-bond donors (Lipinski definition) is 2. The molecule has 3 aliphatic heterocycles. The number of furan rings is 1. The monoisotopic (exact) mass is 515 g/mol. The van der Waals surface area contributed by atoms with E-state index < -0.39 is 0 Å². The fourth-order valence-electron chi connectivity index (χ4n) is 4.46. The third-order valence-corrected chi connectivity index (χ3v) is 7.34. The van der Waals surface area contributed by atoms with Crippen LogP contribution in [0.25, 0.3) is 0 Å². The first-order valence-corrected chi connectivity index (χ1v) is 13.2. The summed E-state index contributed by atoms with van der Waals surface area (Å²) in [5.41, 5.74) is 7.66. The second kappa shape index (κ2) is 10.7. The van der Waals surface area contributed by atoms with Gasteiger partial charge >= 0.3 is 0 Å². The van der Waals surface area contributed by atoms with Gasteiger partial charge in [0.25, 0.3) is 5.95 Å². The number of anilines is 1. The normalized spacial score (nSPS) is 20.9. The fourth-order valence-corrected chi connectivity index (χ4v) is 5.22. The van der Waals surface area contributed by atoms with Crippen molar-refractivity contribution in [1.29, 1.82) is 0 Å². The van der Waals surface area contributed by atoms with Crippen molar-refractivity contribution in [3.63, 3.8) is 0 Å². The first-order valence-electron chi connectivity index (χ1n) is 12.4. The van der Waals surface area contributed by atoms with Crippen LogP contribution in [0.4, 0.5) is 11.9 Å². The number of likely N-dealkylation sites (N-methyl/N-ethyl adjacent to an activating group) is 1. The van der Waals surface area contributed by atoms with Gasteiger partial charge in [-0.15, -0.1) is 0 Å². The van der Waals surface area contributed by atoms with Crippen LogP contribution in [0.15, 0.2) is 92.2 Å². The van der Waals surface area contributed by atoms with Crippen molar-refractivity contribution in [2.45, 2.75) is 22.5 Å². The Kier molecular flexibility index (Phi) is 6.78. The van der Waals surface area contributed by atoms with Gasteiger partial charge in [-0.25, -0.2) is 5.43 Å². The Morgan fingerprint density at radius 1 is 1.00 bits per heavy atom. The number of piperazine rings is 1. The zero-order valence-corrected chi connectivity index (χ0v) is 21.4. The molecule has 10 nitrogen and oxygen atoms in total. The molecule has 5 heterocycles. The van der Waals surface area contributed by atoms with Crippen LogP contribution in [0.3, 0.4) is 0 Å². The molecule has 1 atom stereocenters. The van der Waals surface area contributed by atoms with E-state index in [1.165, 1.54) is 17.5 Å². The smallest absolute Gasteiger partial charge is 0.256 e. The lowest BCUT2D eigenvalue weighted by Crippen LogP contribution is -2.46. The van der Waals surface area contributed by atoms with E-state index in [1.807, 2.05) is 30.3 Å². The molecule has 2 aromatic heterocycles. The maximum absolute atomic E-state index is 5.53. The van der Waals surface area contributed by atoms with Gasteiger partial charge < -0.3 is 24.5 Å². The van der Waals surface area contributed by atoms with Crippen molar-refractivity contribution >= 4 is 29.5 Å². The molecule has 1 aromatic carbocycles. The molecule has 2 N–H and O–H groups in total. The highest BCUT2D eigenvalue weighted by Crippen LogP contribution is 2.28. The Balaban J connectivity index is 1.21. The number of hydrogen-bond acceptors (Lipinski definition) is 10. The van der Waals surface area contributed by atoms with Crippen molar-refractivity contribution in [2.75, 3.05) is 44.7 Å². The van der Waals surface area contributed by atoms with Crippen LogP contribution in [0.1, 0.15) is 18.2 Å². The molecule has 3 aromatic rings. The lowest BCUT2D eigenvalue weighted by Gasteiger charge is -2.37. The number of allylic oxidation sites excluding steroid dienone is 1. The van der Waals surface area contributed by atoms with Gasteiger partial charge in [0.2, 0.25) is 5.95 Å². The van der Waals surface area contributed by atoms with Crippen molar-refractivity contribution in [3.05, 3.63) is 78.5 Å². The summed E-state index contributed by atoms with van der Waals surface area (Å²) in [5.74, 6) is 2.69. The Bertz CT molecular complexity index is 1300. The van der Waals surface area contributed by atoms with Gasteiger partial charge in [-0.3, -0.25) is 0 Å². The van der Waals surface area contributed by atoms with E-state index in [4.69, 9.17) is 19.4 Å². The standard InChI is InChI=1S/C26H29N9OS/c1-33-11-9-19(10-12-33)34-13-15-35(16-14-34)25-28-24(29-26(30-25)37-20-6-3-2-4-7-20)27-23-18-21(31-32-23)22-8-5-17-36-22/h2-11,17,21,31H,12-16,18H2,1H3,(H,27,28,29,30,32). The molecule has 3 aliphatic rings. The molecule has 1 unspecified atom stereocenters. The summed E-state index contributed by atoms with van der Waals surface area (Å²) >= 11 is 1.52. The molecule has 37 heavy (non-hydrogen) atoms. The summed E-state index contributed by atoms with van der Waals surface area (Å²) < 4.78 is 5.53. The third-order valence-electron chi connectivity index (χ3n) is 6.47. The van der Waals surface area contributed by atoms with Crippen molar-refractivity contribution in [2.24, 2.45) is 4.99 Å². The second-order valence-corrected chi connectivity index (χ2v) is 10.1. The van der Waals surface area contributed by atoms with Gasteiger partial charge in [0, 0.05) is 63.0 Å². The average Bonchev–Trinajstić information content (AvgIpc) is 3.62. The zero-order chi connectivity index (χ0) is 25.0. The number of hydrazine groups is 1. The summed E-state index contributed by atoms with van der Waals surface area (Å²) in [6.07, 6.45) is 8.93. The molecular formula is C26H29N9OS. The highest BCUT2D eigenvalue weighted by Gasteiger charge is 2.25. The van der Waals surface area contributed by atoms with Crippen LogP contribution in [-0.2, 0) is 0 Å². The van der Waals surface area contributed by atoms with Crippen LogP contribution < -0.4 is 15.8 Å². The van der Waals surface area contributed by atoms with Gasteiger partial charge in [-0.05, 0) is 48.2 Å². The minimum Gasteiger partial charge on any atom is -0.468 e. The van der Waals surface area contributed by atoms with E-state index in [0.29, 0.717) is 23.5 Å². The third kappa shape index (κ3) is 5.62. The van der Waals surface area contributed by atoms with E-state index in [9.17, 15) is 0 Å². The summed E-state index contributed by atoms with van der Waals surface area (Å²) in [5, 5.41) is 0.632. The second-order valence-electron chi connectivity index (χ2n) is 9.09. The fraction of sp³-hybridized carbons (Fsp3) is 0.308. The topological polar surface area (TPSA) is 98.0 Å². The van der Waals surface area contributed by atoms with E-state index in [1.54, 1.807) is 6.26 Å². The summed E-state index contributed by atoms with van der Waals surface area (Å²) in [4.78, 5) is 26.9. The SMILES string of the molecule is CN1C=CC(N2CCN(c3nc(N=C4CC(c5ccco5)NN4)nc(Sc4ccccc4)n3)CC2)=CC1. The lowest BCUT2D eigenvalue weighted by atomic mass is 10.2.